The molecule has 0 radical (unpaired) electrons. The van der Waals surface area contributed by atoms with E-state index in [1.165, 1.54) is 19.3 Å². The molecule has 4 heteroatoms. The van der Waals surface area contributed by atoms with Gasteiger partial charge in [0.25, 0.3) is 0 Å². The summed E-state index contributed by atoms with van der Waals surface area (Å²) in [6.45, 7) is 0.697. The second-order valence-corrected chi connectivity index (χ2v) is 5.48. The lowest BCUT2D eigenvalue weighted by Crippen LogP contribution is -2.43. The molecule has 0 atom stereocenters. The number of halogens is 1. The fraction of sp³-hybridized carbons (Fsp3) is 0.417. The summed E-state index contributed by atoms with van der Waals surface area (Å²) in [5, 5.41) is 0. The maximum absolute atomic E-state index is 5.92. The van der Waals surface area contributed by atoms with Crippen LogP contribution in [-0.4, -0.2) is 15.9 Å². The molecule has 16 heavy (non-hydrogen) atoms. The average Bonchev–Trinajstić information content (AvgIpc) is 2.61. The quantitative estimate of drug-likeness (QED) is 0.918. The van der Waals surface area contributed by atoms with Crippen LogP contribution >= 0.6 is 15.9 Å². The van der Waals surface area contributed by atoms with E-state index in [2.05, 4.69) is 37.6 Å². The summed E-state index contributed by atoms with van der Waals surface area (Å²) in [4.78, 5) is 4.56. The number of nitrogens with zero attached hydrogens (tertiary/aromatic N) is 2. The highest BCUT2D eigenvalue weighted by Crippen LogP contribution is 2.42. The minimum Gasteiger partial charge on any atom is -0.329 e. The van der Waals surface area contributed by atoms with Gasteiger partial charge in [-0.05, 0) is 25.0 Å². The van der Waals surface area contributed by atoms with Gasteiger partial charge in [-0.3, -0.25) is 0 Å². The van der Waals surface area contributed by atoms with E-state index >= 15 is 0 Å². The number of aromatic nitrogens is 2. The predicted molar refractivity (Wildman–Crippen MR) is 67.5 cm³/mol. The van der Waals surface area contributed by atoms with Gasteiger partial charge in [-0.2, -0.15) is 0 Å². The molecule has 0 unspecified atom stereocenters. The molecule has 0 aromatic carbocycles. The smallest absolute Gasteiger partial charge is 0.120 e. The van der Waals surface area contributed by atoms with Crippen molar-refractivity contribution in [3.8, 4) is 0 Å². The van der Waals surface area contributed by atoms with Gasteiger partial charge in [0.2, 0.25) is 0 Å². The normalized spacial score (nSPS) is 18.6. The summed E-state index contributed by atoms with van der Waals surface area (Å²) in [5.74, 6) is 1.13. The molecule has 3 nitrogen and oxygen atoms in total. The van der Waals surface area contributed by atoms with Crippen molar-refractivity contribution >= 4 is 21.4 Å². The molecule has 2 heterocycles. The second-order valence-electron chi connectivity index (χ2n) is 4.56. The van der Waals surface area contributed by atoms with Gasteiger partial charge in [0.15, 0.2) is 0 Å². The lowest BCUT2D eigenvalue weighted by Gasteiger charge is -2.39. The molecule has 1 aliphatic carbocycles. The molecule has 0 amide bonds. The van der Waals surface area contributed by atoms with E-state index in [4.69, 9.17) is 5.73 Å². The van der Waals surface area contributed by atoms with Crippen molar-refractivity contribution in [2.75, 3.05) is 6.54 Å². The Labute approximate surface area is 103 Å². The van der Waals surface area contributed by atoms with Crippen LogP contribution < -0.4 is 5.73 Å². The number of imidazole rings is 1. The topological polar surface area (TPSA) is 43.3 Å². The monoisotopic (exact) mass is 279 g/mol. The number of hydrogen-bond donors (Lipinski definition) is 1. The highest BCUT2D eigenvalue weighted by molar-refractivity contribution is 9.10. The number of nitrogens with two attached hydrogens (primary N) is 1. The standard InChI is InChI=1S/C12H14BrN3/c13-9-2-5-16-10(6-9)7-15-11(16)12(8-14)3-1-4-12/h2,5-7H,1,3-4,8,14H2. The molecular weight excluding hydrogens is 266 g/mol. The third-order valence-corrected chi connectivity index (χ3v) is 4.16. The summed E-state index contributed by atoms with van der Waals surface area (Å²) >= 11 is 3.47. The first-order valence-electron chi connectivity index (χ1n) is 5.58. The number of rotatable bonds is 2. The van der Waals surface area contributed by atoms with Crippen molar-refractivity contribution in [3.05, 3.63) is 34.8 Å². The Morgan fingerprint density at radius 3 is 2.94 bits per heavy atom. The van der Waals surface area contributed by atoms with Crippen LogP contribution in [0.1, 0.15) is 25.1 Å². The molecule has 84 valence electrons. The predicted octanol–water partition coefficient (Wildman–Crippen LogP) is 2.48. The van der Waals surface area contributed by atoms with Gasteiger partial charge in [0.1, 0.15) is 5.82 Å². The molecule has 0 saturated heterocycles. The van der Waals surface area contributed by atoms with Crippen LogP contribution in [-0.2, 0) is 5.41 Å². The van der Waals surface area contributed by atoms with E-state index in [0.717, 1.165) is 15.8 Å². The Kier molecular flexibility index (Phi) is 2.30. The van der Waals surface area contributed by atoms with Crippen LogP contribution in [0, 0.1) is 0 Å². The summed E-state index contributed by atoms with van der Waals surface area (Å²) in [7, 11) is 0. The highest BCUT2D eigenvalue weighted by Gasteiger charge is 2.40. The lowest BCUT2D eigenvalue weighted by molar-refractivity contribution is 0.237. The summed E-state index contributed by atoms with van der Waals surface area (Å²) in [6, 6.07) is 4.13. The number of fused-ring (bicyclic) bond motifs is 1. The summed E-state index contributed by atoms with van der Waals surface area (Å²) in [5.41, 5.74) is 7.17. The highest BCUT2D eigenvalue weighted by atomic mass is 79.9. The fourth-order valence-electron chi connectivity index (χ4n) is 2.49. The van der Waals surface area contributed by atoms with Crippen molar-refractivity contribution in [2.45, 2.75) is 24.7 Å². The number of pyridine rings is 1. The van der Waals surface area contributed by atoms with E-state index in [0.29, 0.717) is 6.54 Å². The van der Waals surface area contributed by atoms with Crippen LogP contribution in [0.3, 0.4) is 0 Å². The molecular formula is C12H14BrN3. The van der Waals surface area contributed by atoms with Gasteiger partial charge in [-0.1, -0.05) is 22.4 Å². The Balaban J connectivity index is 2.17. The van der Waals surface area contributed by atoms with Crippen LogP contribution in [0.15, 0.2) is 29.0 Å². The first kappa shape index (κ1) is 10.3. The first-order chi connectivity index (χ1) is 7.75. The molecule has 0 spiro atoms. The van der Waals surface area contributed by atoms with E-state index in [1.54, 1.807) is 0 Å². The Bertz CT molecular complexity index is 523. The molecule has 1 saturated carbocycles. The fourth-order valence-corrected chi connectivity index (χ4v) is 2.84. The van der Waals surface area contributed by atoms with Gasteiger partial charge in [0, 0.05) is 22.6 Å². The van der Waals surface area contributed by atoms with E-state index in [9.17, 15) is 0 Å². The van der Waals surface area contributed by atoms with Crippen molar-refractivity contribution in [2.24, 2.45) is 5.73 Å². The van der Waals surface area contributed by atoms with Crippen molar-refractivity contribution < 1.29 is 0 Å². The molecule has 1 fully saturated rings. The zero-order valence-corrected chi connectivity index (χ0v) is 10.6. The van der Waals surface area contributed by atoms with Crippen molar-refractivity contribution in [1.29, 1.82) is 0 Å². The second kappa shape index (κ2) is 3.57. The van der Waals surface area contributed by atoms with Crippen molar-refractivity contribution in [3.63, 3.8) is 0 Å². The molecule has 2 N–H and O–H groups in total. The van der Waals surface area contributed by atoms with Gasteiger partial charge < -0.3 is 10.1 Å². The molecule has 0 aliphatic heterocycles. The van der Waals surface area contributed by atoms with Crippen LogP contribution in [0.25, 0.3) is 5.52 Å². The largest absolute Gasteiger partial charge is 0.329 e. The first-order valence-corrected chi connectivity index (χ1v) is 6.38. The maximum atomic E-state index is 5.92. The van der Waals surface area contributed by atoms with E-state index in [1.807, 2.05) is 12.3 Å². The van der Waals surface area contributed by atoms with Gasteiger partial charge in [0.05, 0.1) is 11.7 Å². The third-order valence-electron chi connectivity index (χ3n) is 3.67. The molecule has 1 aliphatic rings. The Hall–Kier alpha value is -0.870. The zero-order valence-electron chi connectivity index (χ0n) is 8.99. The molecule has 2 aromatic rings. The number of hydrogen-bond acceptors (Lipinski definition) is 2. The Morgan fingerprint density at radius 2 is 2.31 bits per heavy atom. The Morgan fingerprint density at radius 1 is 1.50 bits per heavy atom. The molecule has 2 aromatic heterocycles. The average molecular weight is 280 g/mol. The summed E-state index contributed by atoms with van der Waals surface area (Å²) in [6.07, 6.45) is 7.59. The minimum absolute atomic E-state index is 0.125. The SMILES string of the molecule is NCC1(c2ncc3cc(Br)ccn23)CCC1. The van der Waals surface area contributed by atoms with Crippen LogP contribution in [0.2, 0.25) is 0 Å². The van der Waals surface area contributed by atoms with Crippen LogP contribution in [0.4, 0.5) is 0 Å². The van der Waals surface area contributed by atoms with Gasteiger partial charge in [-0.25, -0.2) is 4.98 Å². The maximum Gasteiger partial charge on any atom is 0.120 e. The van der Waals surface area contributed by atoms with Crippen molar-refractivity contribution in [1.82, 2.24) is 9.38 Å². The van der Waals surface area contributed by atoms with Crippen LogP contribution in [0.5, 0.6) is 0 Å². The third kappa shape index (κ3) is 1.33. The molecule has 0 bridgehead atoms. The van der Waals surface area contributed by atoms with E-state index < -0.39 is 0 Å². The minimum atomic E-state index is 0.125. The van der Waals surface area contributed by atoms with Gasteiger partial charge >= 0.3 is 0 Å². The summed E-state index contributed by atoms with van der Waals surface area (Å²) < 4.78 is 3.25. The zero-order chi connectivity index (χ0) is 11.2. The van der Waals surface area contributed by atoms with Gasteiger partial charge in [-0.15, -0.1) is 0 Å². The lowest BCUT2D eigenvalue weighted by atomic mass is 9.68. The van der Waals surface area contributed by atoms with E-state index in [-0.39, 0.29) is 5.41 Å². The molecule has 3 rings (SSSR count).